The zero-order chi connectivity index (χ0) is 33.4. The largest absolute Gasteiger partial charge is 0.471 e. The quantitative estimate of drug-likeness (QED) is 0.133. The molecule has 0 amide bonds. The van der Waals surface area contributed by atoms with Crippen LogP contribution < -0.4 is 0 Å². The number of phosphoric ester groups is 1. The summed E-state index contributed by atoms with van der Waals surface area (Å²) in [6.07, 6.45) is -0.241. The molecule has 48 heavy (non-hydrogen) atoms. The molecule has 0 radical (unpaired) electrons. The molecule has 13 heteroatoms. The average molecular weight is 679 g/mol. The molecule has 9 atom stereocenters. The summed E-state index contributed by atoms with van der Waals surface area (Å²) in [7, 11) is -4.79. The van der Waals surface area contributed by atoms with E-state index in [1.807, 2.05) is 50.2 Å². The van der Waals surface area contributed by atoms with Crippen LogP contribution in [0.5, 0.6) is 0 Å². The first kappa shape index (κ1) is 30.8. The number of hydrogen-bond acceptors (Lipinski definition) is 10. The first-order valence-corrected chi connectivity index (χ1v) is 17.8. The zero-order valence-corrected chi connectivity index (χ0v) is 27.4. The summed E-state index contributed by atoms with van der Waals surface area (Å²) in [6.45, 7) is 5.55. The molecule has 0 bridgehead atoms. The van der Waals surface area contributed by atoms with Crippen LogP contribution in [0.15, 0.2) is 77.6 Å². The number of carbonyl (C=O) groups excluding carboxylic acids is 2. The van der Waals surface area contributed by atoms with Crippen molar-refractivity contribution in [3.63, 3.8) is 0 Å². The highest BCUT2D eigenvalue weighted by Gasteiger charge is 3.00. The Bertz CT molecular complexity index is 1850. The highest BCUT2D eigenvalue weighted by Crippen LogP contribution is 2.83. The van der Waals surface area contributed by atoms with Gasteiger partial charge in [0.2, 0.25) is 0 Å². The molecule has 2 saturated carbocycles. The Kier molecular flexibility index (Phi) is 6.40. The number of hydrogen-bond donors (Lipinski definition) is 2. The van der Waals surface area contributed by atoms with Gasteiger partial charge in [0.15, 0.2) is 23.9 Å². The highest BCUT2D eigenvalue weighted by molar-refractivity contribution is 7.46. The molecular weight excluding hydrogens is 643 g/mol. The maximum Gasteiger partial charge on any atom is 0.471 e. The van der Waals surface area contributed by atoms with Crippen molar-refractivity contribution in [2.45, 2.75) is 81.3 Å². The molecule has 2 aromatic carbocycles. The number of allylic oxidation sites excluding steroid dienone is 1. The van der Waals surface area contributed by atoms with Crippen LogP contribution in [-0.4, -0.2) is 69.7 Å². The van der Waals surface area contributed by atoms with Crippen LogP contribution in [0.2, 0.25) is 0 Å². The van der Waals surface area contributed by atoms with Gasteiger partial charge in [0, 0.05) is 22.1 Å². The number of cyclic esters (lactones) is 1. The average Bonchev–Trinajstić information content (AvgIpc) is 3.98. The Hall–Kier alpha value is -3.19. The highest BCUT2D eigenvalue weighted by atomic mass is 31.2. The maximum absolute atomic E-state index is 13.5. The van der Waals surface area contributed by atoms with Gasteiger partial charge in [-0.2, -0.15) is 0 Å². The smallest absolute Gasteiger partial charge is 0.419 e. The van der Waals surface area contributed by atoms with Crippen molar-refractivity contribution in [2.24, 2.45) is 17.3 Å². The van der Waals surface area contributed by atoms with E-state index >= 15 is 0 Å². The molecule has 4 aliphatic heterocycles. The van der Waals surface area contributed by atoms with Crippen LogP contribution in [0, 0.1) is 17.3 Å². The van der Waals surface area contributed by atoms with Crippen molar-refractivity contribution in [3.8, 4) is 0 Å². The molecule has 4 heterocycles. The Morgan fingerprint density at radius 1 is 1.00 bits per heavy atom. The number of phosphoric acid groups is 1. The van der Waals surface area contributed by atoms with E-state index in [0.29, 0.717) is 41.5 Å². The summed E-state index contributed by atoms with van der Waals surface area (Å²) >= 11 is 0. The predicted molar refractivity (Wildman–Crippen MR) is 164 cm³/mol. The first-order valence-electron chi connectivity index (χ1n) is 16.3. The monoisotopic (exact) mass is 678 g/mol. The van der Waals surface area contributed by atoms with E-state index in [4.69, 9.17) is 32.9 Å². The minimum atomic E-state index is -4.79. The van der Waals surface area contributed by atoms with Crippen molar-refractivity contribution in [3.05, 3.63) is 88.7 Å². The minimum absolute atomic E-state index is 0.0155. The summed E-state index contributed by atoms with van der Waals surface area (Å²) in [5.74, 6) is -0.952. The number of carbonyl (C=O) groups is 2. The van der Waals surface area contributed by atoms with Gasteiger partial charge in [-0.1, -0.05) is 69.3 Å². The van der Waals surface area contributed by atoms with Gasteiger partial charge in [0.1, 0.15) is 29.5 Å². The third-order valence-corrected chi connectivity index (χ3v) is 12.4. The molecule has 9 rings (SSSR count). The SMILES string of the molecule is CC(C)[C@]12O[C@H]1[C@@H]1O[C@]13[C@]1(O[C@H]1C[C@H]1C4=C(CC[C@@]13C)C(=O)O/C4=C(/OC(=O)c1ccccc1)c1ccccc1)[C@@H]2OCOP(=O)(O)O. The van der Waals surface area contributed by atoms with Crippen molar-refractivity contribution in [1.82, 2.24) is 0 Å². The van der Waals surface area contributed by atoms with Crippen molar-refractivity contribution < 1.29 is 56.9 Å². The first-order chi connectivity index (χ1) is 22.9. The number of ether oxygens (including phenoxy) is 6. The molecular formula is C35H35O12P. The van der Waals surface area contributed by atoms with Crippen molar-refractivity contribution in [1.29, 1.82) is 0 Å². The Morgan fingerprint density at radius 2 is 1.69 bits per heavy atom. The Morgan fingerprint density at radius 3 is 2.35 bits per heavy atom. The standard InChI is InChI=1S/C35H35O12P/c1-18(2)33-27(46-33)28-35(47-28)32(3)15-14-21-24(22(32)16-23-34(35,45-23)31(33)41-17-42-48(38,39)40)26(44-30(21)37)25(19-10-6-4-7-11-19)43-29(36)20-12-8-5-9-13-20/h4-13,18,22-23,27-28,31H,14-17H2,1-3H3,(H2,38,39,40)/b26-25+/t22-,23-,27-,28-,31+,32-,33-,34+,35+/m0/s1. The normalized spacial score (nSPS) is 40.8. The van der Waals surface area contributed by atoms with E-state index in [0.717, 1.165) is 0 Å². The van der Waals surface area contributed by atoms with Crippen LogP contribution in [0.4, 0.5) is 0 Å². The minimum Gasteiger partial charge on any atom is -0.419 e. The molecule has 0 aromatic heterocycles. The Labute approximate surface area is 276 Å². The number of fused-ring (bicyclic) bond motifs is 4. The van der Waals surface area contributed by atoms with E-state index in [1.165, 1.54) is 0 Å². The molecule has 2 spiro atoms. The van der Waals surface area contributed by atoms with E-state index in [1.54, 1.807) is 24.3 Å². The van der Waals surface area contributed by atoms with Crippen LogP contribution in [0.1, 0.15) is 56.0 Å². The predicted octanol–water partition coefficient (Wildman–Crippen LogP) is 4.42. The van der Waals surface area contributed by atoms with Gasteiger partial charge < -0.3 is 38.2 Å². The summed E-state index contributed by atoms with van der Waals surface area (Å²) in [5, 5.41) is 0. The number of esters is 2. The molecule has 12 nitrogen and oxygen atoms in total. The third kappa shape index (κ3) is 3.88. The number of rotatable bonds is 8. The van der Waals surface area contributed by atoms with Gasteiger partial charge in [0.25, 0.3) is 0 Å². The van der Waals surface area contributed by atoms with Gasteiger partial charge in [0.05, 0.1) is 11.7 Å². The van der Waals surface area contributed by atoms with Crippen LogP contribution in [-0.2, 0) is 42.3 Å². The lowest BCUT2D eigenvalue weighted by atomic mass is 9.46. The molecule has 3 aliphatic carbocycles. The Balaban J connectivity index is 1.14. The van der Waals surface area contributed by atoms with Gasteiger partial charge in [-0.25, -0.2) is 14.2 Å². The van der Waals surface area contributed by atoms with E-state index in [-0.39, 0.29) is 41.7 Å². The summed E-state index contributed by atoms with van der Waals surface area (Å²) < 4.78 is 54.6. The van der Waals surface area contributed by atoms with E-state index in [9.17, 15) is 23.9 Å². The van der Waals surface area contributed by atoms with Gasteiger partial charge >= 0.3 is 19.8 Å². The molecule has 252 valence electrons. The van der Waals surface area contributed by atoms with Gasteiger partial charge in [-0.3, -0.25) is 4.52 Å². The van der Waals surface area contributed by atoms with Crippen molar-refractivity contribution in [2.75, 3.05) is 6.79 Å². The molecule has 2 N–H and O–H groups in total. The lowest BCUT2D eigenvalue weighted by Gasteiger charge is -2.54. The zero-order valence-electron chi connectivity index (χ0n) is 26.5. The van der Waals surface area contributed by atoms with E-state index in [2.05, 4.69) is 6.92 Å². The summed E-state index contributed by atoms with van der Waals surface area (Å²) in [5.41, 5.74) is -1.01. The summed E-state index contributed by atoms with van der Waals surface area (Å²) in [6, 6.07) is 17.8. The second-order valence-corrected chi connectivity index (χ2v) is 15.5. The molecule has 7 aliphatic rings. The summed E-state index contributed by atoms with van der Waals surface area (Å²) in [4.78, 5) is 45.8. The van der Waals surface area contributed by atoms with Crippen LogP contribution in [0.25, 0.3) is 5.76 Å². The van der Waals surface area contributed by atoms with Crippen LogP contribution in [0.3, 0.4) is 0 Å². The maximum atomic E-state index is 13.5. The fraction of sp³-hybridized carbons (Fsp3) is 0.486. The fourth-order valence-electron chi connectivity index (χ4n) is 9.75. The van der Waals surface area contributed by atoms with E-state index < -0.39 is 54.9 Å². The lowest BCUT2D eigenvalue weighted by Crippen LogP contribution is -2.69. The fourth-order valence-corrected chi connectivity index (χ4v) is 9.95. The lowest BCUT2D eigenvalue weighted by molar-refractivity contribution is -0.155. The van der Waals surface area contributed by atoms with Gasteiger partial charge in [-0.15, -0.1) is 0 Å². The molecule has 0 unspecified atom stereocenters. The molecule has 3 saturated heterocycles. The number of epoxide rings is 3. The number of benzene rings is 2. The molecule has 5 fully saturated rings. The van der Waals surface area contributed by atoms with Gasteiger partial charge in [-0.05, 0) is 43.2 Å². The van der Waals surface area contributed by atoms with Crippen molar-refractivity contribution >= 4 is 25.5 Å². The van der Waals surface area contributed by atoms with Crippen LogP contribution >= 0.6 is 7.82 Å². The molecule has 2 aromatic rings. The second kappa shape index (κ2) is 9.95. The topological polar surface area (TPSA) is 166 Å². The third-order valence-electron chi connectivity index (χ3n) is 11.9. The second-order valence-electron chi connectivity index (χ2n) is 14.3.